The smallest absolute Gasteiger partial charge is 0.414 e. The molecule has 28 heavy (non-hydrogen) atoms. The second kappa shape index (κ2) is 9.52. The molecule has 0 radical (unpaired) electrons. The van der Waals surface area contributed by atoms with E-state index in [2.05, 4.69) is 10.3 Å². The predicted molar refractivity (Wildman–Crippen MR) is 103 cm³/mol. The van der Waals surface area contributed by atoms with Crippen LogP contribution in [0.3, 0.4) is 0 Å². The molecule has 1 heterocycles. The lowest BCUT2D eigenvalue weighted by Crippen LogP contribution is -2.09. The van der Waals surface area contributed by atoms with Gasteiger partial charge < -0.3 is 20.1 Å². The molecule has 0 spiro atoms. The van der Waals surface area contributed by atoms with Crippen LogP contribution in [-0.4, -0.2) is 31.7 Å². The van der Waals surface area contributed by atoms with Crippen LogP contribution in [0.2, 0.25) is 5.02 Å². The summed E-state index contributed by atoms with van der Waals surface area (Å²) >= 11 is 6.03. The van der Waals surface area contributed by atoms with Crippen molar-refractivity contribution >= 4 is 29.5 Å². The third kappa shape index (κ3) is 5.55. The van der Waals surface area contributed by atoms with Crippen LogP contribution >= 0.6 is 11.6 Å². The molecule has 0 amide bonds. The van der Waals surface area contributed by atoms with Crippen molar-refractivity contribution in [2.75, 3.05) is 5.32 Å². The third-order valence-electron chi connectivity index (χ3n) is 3.69. The van der Waals surface area contributed by atoms with Crippen LogP contribution in [0, 0.1) is 5.82 Å². The molecule has 0 aliphatic carbocycles. The molecule has 1 aromatic heterocycles. The van der Waals surface area contributed by atoms with E-state index in [1.807, 2.05) is 41.9 Å². The Hall–Kier alpha value is -3.39. The fourth-order valence-corrected chi connectivity index (χ4v) is 2.50. The largest absolute Gasteiger partial charge is 0.473 e. The average molecular weight is 406 g/mol. The first kappa shape index (κ1) is 20.9. The number of halogens is 2. The number of rotatable bonds is 4. The van der Waals surface area contributed by atoms with Crippen LogP contribution in [-0.2, 0) is 23.2 Å². The summed E-state index contributed by atoms with van der Waals surface area (Å²) in [4.78, 5) is 22.6. The Kier molecular flexibility index (Phi) is 7.11. The maximum Gasteiger partial charge on any atom is 0.414 e. The summed E-state index contributed by atoms with van der Waals surface area (Å²) in [7, 11) is 1.91. The molecule has 0 unspecified atom stereocenters. The Morgan fingerprint density at radius 2 is 1.82 bits per heavy atom. The molecule has 0 fully saturated rings. The van der Waals surface area contributed by atoms with E-state index in [-0.39, 0.29) is 5.82 Å². The highest BCUT2D eigenvalue weighted by molar-refractivity contribution is 6.30. The van der Waals surface area contributed by atoms with E-state index in [4.69, 9.17) is 31.4 Å². The Morgan fingerprint density at radius 3 is 2.43 bits per heavy atom. The van der Waals surface area contributed by atoms with Gasteiger partial charge in [-0.25, -0.2) is 19.0 Å². The number of aliphatic carboxylic acids is 2. The number of aromatic nitrogens is 2. The molecule has 0 saturated heterocycles. The van der Waals surface area contributed by atoms with Crippen LogP contribution in [0.4, 0.5) is 10.3 Å². The van der Waals surface area contributed by atoms with Crippen LogP contribution in [0.1, 0.15) is 5.56 Å². The predicted octanol–water partition coefficient (Wildman–Crippen LogP) is 3.65. The van der Waals surface area contributed by atoms with E-state index in [1.165, 1.54) is 6.07 Å². The fraction of sp³-hybridized carbons (Fsp3) is 0.105. The zero-order valence-corrected chi connectivity index (χ0v) is 15.5. The van der Waals surface area contributed by atoms with Gasteiger partial charge in [0.1, 0.15) is 5.82 Å². The minimum absolute atomic E-state index is 0.223. The zero-order chi connectivity index (χ0) is 20.7. The molecule has 3 aromatic rings. The summed E-state index contributed by atoms with van der Waals surface area (Å²) in [5.74, 6) is -3.19. The number of carboxylic acids is 2. The SMILES string of the molecule is Cn1c(-c2cccc(Cl)c2)cnc1NCc1ccccc1F.O=C(O)C(=O)O. The summed E-state index contributed by atoms with van der Waals surface area (Å²) in [6.45, 7) is 0.381. The van der Waals surface area contributed by atoms with Crippen molar-refractivity contribution < 1.29 is 24.2 Å². The number of hydrogen-bond donors (Lipinski definition) is 3. The van der Waals surface area contributed by atoms with Crippen molar-refractivity contribution in [1.82, 2.24) is 9.55 Å². The van der Waals surface area contributed by atoms with Gasteiger partial charge in [-0.3, -0.25) is 0 Å². The lowest BCUT2D eigenvalue weighted by atomic mass is 10.2. The lowest BCUT2D eigenvalue weighted by molar-refractivity contribution is -0.159. The van der Waals surface area contributed by atoms with Crippen LogP contribution in [0.15, 0.2) is 54.7 Å². The number of nitrogens with zero attached hydrogens (tertiary/aromatic N) is 2. The van der Waals surface area contributed by atoms with Crippen molar-refractivity contribution in [2.24, 2.45) is 7.05 Å². The summed E-state index contributed by atoms with van der Waals surface area (Å²) in [5, 5.41) is 18.6. The van der Waals surface area contributed by atoms with E-state index < -0.39 is 11.9 Å². The number of benzene rings is 2. The van der Waals surface area contributed by atoms with Gasteiger partial charge in [0, 0.05) is 29.7 Å². The number of imidazole rings is 1. The molecule has 3 N–H and O–H groups in total. The van der Waals surface area contributed by atoms with Gasteiger partial charge in [-0.2, -0.15) is 0 Å². The second-order valence-electron chi connectivity index (χ2n) is 5.59. The van der Waals surface area contributed by atoms with Gasteiger partial charge in [0.05, 0.1) is 11.9 Å². The van der Waals surface area contributed by atoms with E-state index in [0.29, 0.717) is 23.1 Å². The van der Waals surface area contributed by atoms with Crippen LogP contribution in [0.25, 0.3) is 11.3 Å². The molecule has 3 rings (SSSR count). The molecule has 146 valence electrons. The molecule has 0 aliphatic heterocycles. The first-order chi connectivity index (χ1) is 13.3. The Balaban J connectivity index is 0.000000409. The van der Waals surface area contributed by atoms with E-state index in [0.717, 1.165) is 11.3 Å². The fourth-order valence-electron chi connectivity index (χ4n) is 2.31. The number of nitrogens with one attached hydrogen (secondary N) is 1. The summed E-state index contributed by atoms with van der Waals surface area (Å²) < 4.78 is 15.5. The van der Waals surface area contributed by atoms with Crippen molar-refractivity contribution in [3.63, 3.8) is 0 Å². The zero-order valence-electron chi connectivity index (χ0n) is 14.8. The number of carbonyl (C=O) groups is 2. The minimum Gasteiger partial charge on any atom is -0.473 e. The molecule has 0 saturated carbocycles. The van der Waals surface area contributed by atoms with E-state index in [9.17, 15) is 4.39 Å². The quantitative estimate of drug-likeness (QED) is 0.572. The van der Waals surface area contributed by atoms with Gasteiger partial charge >= 0.3 is 11.9 Å². The number of carboxylic acid groups (broad SMARTS) is 2. The van der Waals surface area contributed by atoms with Crippen molar-refractivity contribution in [1.29, 1.82) is 0 Å². The van der Waals surface area contributed by atoms with Crippen LogP contribution < -0.4 is 5.32 Å². The molecular formula is C19H17ClFN3O4. The van der Waals surface area contributed by atoms with Crippen LogP contribution in [0.5, 0.6) is 0 Å². The van der Waals surface area contributed by atoms with Gasteiger partial charge in [0.15, 0.2) is 0 Å². The lowest BCUT2D eigenvalue weighted by Gasteiger charge is -2.09. The number of anilines is 1. The molecular weight excluding hydrogens is 389 g/mol. The monoisotopic (exact) mass is 405 g/mol. The van der Waals surface area contributed by atoms with Gasteiger partial charge in [-0.1, -0.05) is 41.9 Å². The van der Waals surface area contributed by atoms with Crippen molar-refractivity contribution in [3.05, 3.63) is 71.1 Å². The molecule has 9 heteroatoms. The minimum atomic E-state index is -1.82. The molecule has 0 aliphatic rings. The third-order valence-corrected chi connectivity index (χ3v) is 3.92. The first-order valence-corrected chi connectivity index (χ1v) is 8.38. The topological polar surface area (TPSA) is 104 Å². The highest BCUT2D eigenvalue weighted by Crippen LogP contribution is 2.24. The Morgan fingerprint density at radius 1 is 1.14 bits per heavy atom. The summed E-state index contributed by atoms with van der Waals surface area (Å²) in [5.41, 5.74) is 2.54. The highest BCUT2D eigenvalue weighted by Gasteiger charge is 2.09. The summed E-state index contributed by atoms with van der Waals surface area (Å²) in [6.07, 6.45) is 1.77. The second-order valence-corrected chi connectivity index (χ2v) is 6.03. The molecule has 0 bridgehead atoms. The average Bonchev–Trinajstić information content (AvgIpc) is 3.02. The van der Waals surface area contributed by atoms with Gasteiger partial charge in [-0.05, 0) is 18.2 Å². The maximum absolute atomic E-state index is 13.6. The Labute approximate surface area is 165 Å². The standard InChI is InChI=1S/C17H15ClFN3.C2H2O4/c1-22-16(12-6-4-7-14(18)9-12)11-21-17(22)20-10-13-5-2-3-8-15(13)19;3-1(4)2(5)6/h2-9,11H,10H2,1H3,(H,20,21);(H,3,4)(H,5,6). The van der Waals surface area contributed by atoms with Gasteiger partial charge in [0.25, 0.3) is 0 Å². The molecule has 7 nitrogen and oxygen atoms in total. The van der Waals surface area contributed by atoms with Gasteiger partial charge in [-0.15, -0.1) is 0 Å². The van der Waals surface area contributed by atoms with E-state index in [1.54, 1.807) is 18.3 Å². The normalized spacial score (nSPS) is 9.96. The molecule has 2 aromatic carbocycles. The Bertz CT molecular complexity index is 979. The molecule has 0 atom stereocenters. The van der Waals surface area contributed by atoms with Gasteiger partial charge in [0.2, 0.25) is 5.95 Å². The maximum atomic E-state index is 13.6. The highest BCUT2D eigenvalue weighted by atomic mass is 35.5. The van der Waals surface area contributed by atoms with Crippen molar-refractivity contribution in [3.8, 4) is 11.3 Å². The number of hydrogen-bond acceptors (Lipinski definition) is 4. The first-order valence-electron chi connectivity index (χ1n) is 8.00. The van der Waals surface area contributed by atoms with E-state index >= 15 is 0 Å². The summed E-state index contributed by atoms with van der Waals surface area (Å²) in [6, 6.07) is 14.3. The van der Waals surface area contributed by atoms with Crippen molar-refractivity contribution in [2.45, 2.75) is 6.54 Å².